The summed E-state index contributed by atoms with van der Waals surface area (Å²) in [5.41, 5.74) is 15.6. The van der Waals surface area contributed by atoms with Crippen LogP contribution in [0.5, 0.6) is 0 Å². The van der Waals surface area contributed by atoms with Crippen LogP contribution in [0.25, 0.3) is 88.0 Å². The van der Waals surface area contributed by atoms with Crippen LogP contribution in [0.2, 0.25) is 0 Å². The highest BCUT2D eigenvalue weighted by molar-refractivity contribution is 6.21. The highest BCUT2D eigenvalue weighted by Crippen LogP contribution is 2.52. The lowest BCUT2D eigenvalue weighted by Crippen LogP contribution is -2.14. The third-order valence-corrected chi connectivity index (χ3v) is 11.3. The fraction of sp³-hybridized carbons (Fsp3) is 0.0588. The number of benzene rings is 9. The van der Waals surface area contributed by atoms with E-state index in [4.69, 9.17) is 0 Å². The molecule has 0 nitrogen and oxygen atoms in total. The van der Waals surface area contributed by atoms with Crippen LogP contribution in [0, 0.1) is 0 Å². The van der Waals surface area contributed by atoms with E-state index in [1.54, 1.807) is 0 Å². The Kier molecular flexibility index (Phi) is 6.63. The second-order valence-electron chi connectivity index (χ2n) is 14.4. The summed E-state index contributed by atoms with van der Waals surface area (Å²) in [6.07, 6.45) is 0. The van der Waals surface area contributed by atoms with Crippen LogP contribution in [0.15, 0.2) is 182 Å². The van der Waals surface area contributed by atoms with Gasteiger partial charge in [-0.1, -0.05) is 190 Å². The van der Waals surface area contributed by atoms with Crippen LogP contribution < -0.4 is 0 Å². The molecule has 0 spiro atoms. The first-order chi connectivity index (χ1) is 25.1. The Labute approximate surface area is 299 Å². The number of rotatable bonds is 4. The molecule has 0 amide bonds. The fourth-order valence-electron chi connectivity index (χ4n) is 8.88. The normalized spacial score (nSPS) is 13.1. The molecule has 9 aromatic carbocycles. The fourth-order valence-corrected chi connectivity index (χ4v) is 8.88. The van der Waals surface area contributed by atoms with Gasteiger partial charge in [-0.05, 0) is 105 Å². The molecule has 0 fully saturated rings. The van der Waals surface area contributed by atoms with Gasteiger partial charge in [-0.25, -0.2) is 0 Å². The zero-order chi connectivity index (χ0) is 34.1. The summed E-state index contributed by atoms with van der Waals surface area (Å²) in [7, 11) is 0. The summed E-state index contributed by atoms with van der Waals surface area (Å²) < 4.78 is 0. The largest absolute Gasteiger partial charge is 0.0619 e. The maximum atomic E-state index is 2.38. The summed E-state index contributed by atoms with van der Waals surface area (Å²) in [4.78, 5) is 0. The number of hydrogen-bond acceptors (Lipinski definition) is 0. The Morgan fingerprint density at radius 2 is 0.765 bits per heavy atom. The van der Waals surface area contributed by atoms with Gasteiger partial charge in [0.1, 0.15) is 0 Å². The second-order valence-corrected chi connectivity index (χ2v) is 14.4. The molecule has 0 N–H and O–H groups in total. The van der Waals surface area contributed by atoms with Crippen molar-refractivity contribution in [1.29, 1.82) is 0 Å². The molecule has 240 valence electrons. The Morgan fingerprint density at radius 1 is 0.294 bits per heavy atom. The molecule has 0 saturated heterocycles. The van der Waals surface area contributed by atoms with Crippen molar-refractivity contribution in [3.05, 3.63) is 193 Å². The molecular weight excluding hydrogens is 613 g/mol. The molecule has 0 heterocycles. The van der Waals surface area contributed by atoms with Crippen LogP contribution in [0.1, 0.15) is 25.0 Å². The van der Waals surface area contributed by atoms with E-state index in [1.807, 2.05) is 0 Å². The van der Waals surface area contributed by atoms with Crippen molar-refractivity contribution in [2.75, 3.05) is 0 Å². The molecule has 0 saturated carbocycles. The van der Waals surface area contributed by atoms with E-state index in [0.717, 1.165) is 0 Å². The Balaban J connectivity index is 1.14. The van der Waals surface area contributed by atoms with E-state index in [1.165, 1.54) is 99.1 Å². The maximum Gasteiger partial charge on any atom is 0.0159 e. The molecule has 0 aromatic heterocycles. The van der Waals surface area contributed by atoms with Crippen LogP contribution in [0.4, 0.5) is 0 Å². The van der Waals surface area contributed by atoms with Crippen LogP contribution in [-0.4, -0.2) is 0 Å². The second kappa shape index (κ2) is 11.4. The first-order valence-corrected chi connectivity index (χ1v) is 17.9. The third-order valence-electron chi connectivity index (χ3n) is 11.3. The van der Waals surface area contributed by atoms with Gasteiger partial charge in [0.15, 0.2) is 0 Å². The van der Waals surface area contributed by atoms with E-state index in [9.17, 15) is 0 Å². The number of hydrogen-bond donors (Lipinski definition) is 0. The first kappa shape index (κ1) is 29.7. The van der Waals surface area contributed by atoms with Gasteiger partial charge in [-0.3, -0.25) is 0 Å². The molecule has 0 atom stereocenters. The molecule has 1 aliphatic carbocycles. The van der Waals surface area contributed by atoms with E-state index in [2.05, 4.69) is 196 Å². The van der Waals surface area contributed by atoms with E-state index < -0.39 is 0 Å². The molecule has 0 bridgehead atoms. The minimum absolute atomic E-state index is 0.0180. The minimum Gasteiger partial charge on any atom is -0.0619 e. The quantitative estimate of drug-likeness (QED) is 0.167. The summed E-state index contributed by atoms with van der Waals surface area (Å²) in [6, 6.07) is 67.3. The van der Waals surface area contributed by atoms with Gasteiger partial charge in [0.05, 0.1) is 0 Å². The van der Waals surface area contributed by atoms with Gasteiger partial charge in [0.2, 0.25) is 0 Å². The SMILES string of the molecule is CC1(C)c2ccccc2-c2c(-c3ccc(-c4c5ccccc5c(-c5cccc(-c6cccc7ccccc67)c5)c5ccccc45)cc3)cccc21. The van der Waals surface area contributed by atoms with E-state index >= 15 is 0 Å². The Bertz CT molecular complexity index is 2750. The van der Waals surface area contributed by atoms with Gasteiger partial charge >= 0.3 is 0 Å². The lowest BCUT2D eigenvalue weighted by molar-refractivity contribution is 0.660. The summed E-state index contributed by atoms with van der Waals surface area (Å²) >= 11 is 0. The van der Waals surface area contributed by atoms with Gasteiger partial charge in [-0.15, -0.1) is 0 Å². The average Bonchev–Trinajstić information content (AvgIpc) is 3.43. The monoisotopic (exact) mass is 648 g/mol. The van der Waals surface area contributed by atoms with Crippen molar-refractivity contribution in [1.82, 2.24) is 0 Å². The number of fused-ring (bicyclic) bond motifs is 6. The van der Waals surface area contributed by atoms with Crippen molar-refractivity contribution in [3.8, 4) is 55.6 Å². The van der Waals surface area contributed by atoms with Crippen LogP contribution in [0.3, 0.4) is 0 Å². The predicted molar refractivity (Wildman–Crippen MR) is 218 cm³/mol. The summed E-state index contributed by atoms with van der Waals surface area (Å²) in [5.74, 6) is 0. The van der Waals surface area contributed by atoms with Crippen molar-refractivity contribution in [2.24, 2.45) is 0 Å². The Morgan fingerprint density at radius 3 is 1.49 bits per heavy atom. The highest BCUT2D eigenvalue weighted by atomic mass is 14.4. The van der Waals surface area contributed by atoms with Gasteiger partial charge in [0.25, 0.3) is 0 Å². The lowest BCUT2D eigenvalue weighted by atomic mass is 9.82. The van der Waals surface area contributed by atoms with Crippen LogP contribution >= 0.6 is 0 Å². The zero-order valence-corrected chi connectivity index (χ0v) is 28.8. The molecular formula is C51H36. The molecule has 51 heavy (non-hydrogen) atoms. The maximum absolute atomic E-state index is 2.38. The van der Waals surface area contributed by atoms with E-state index in [-0.39, 0.29) is 5.41 Å². The Hall–Kier alpha value is -6.24. The molecule has 0 unspecified atom stereocenters. The molecule has 9 aromatic rings. The molecule has 1 aliphatic rings. The predicted octanol–water partition coefficient (Wildman–Crippen LogP) is 14.1. The van der Waals surface area contributed by atoms with E-state index in [0.29, 0.717) is 0 Å². The third kappa shape index (κ3) is 4.53. The van der Waals surface area contributed by atoms with Crippen molar-refractivity contribution in [2.45, 2.75) is 19.3 Å². The highest BCUT2D eigenvalue weighted by Gasteiger charge is 2.36. The average molecular weight is 649 g/mol. The first-order valence-electron chi connectivity index (χ1n) is 17.9. The molecule has 0 aliphatic heterocycles. The van der Waals surface area contributed by atoms with Crippen LogP contribution in [-0.2, 0) is 5.41 Å². The lowest BCUT2D eigenvalue weighted by Gasteiger charge is -2.21. The summed E-state index contributed by atoms with van der Waals surface area (Å²) in [6.45, 7) is 4.70. The van der Waals surface area contributed by atoms with Gasteiger partial charge in [-0.2, -0.15) is 0 Å². The topological polar surface area (TPSA) is 0 Å². The zero-order valence-electron chi connectivity index (χ0n) is 28.8. The molecule has 10 rings (SSSR count). The smallest absolute Gasteiger partial charge is 0.0159 e. The van der Waals surface area contributed by atoms with Gasteiger partial charge in [0, 0.05) is 5.41 Å². The molecule has 0 radical (unpaired) electrons. The molecule has 0 heteroatoms. The summed E-state index contributed by atoms with van der Waals surface area (Å²) in [5, 5.41) is 7.61. The van der Waals surface area contributed by atoms with Crippen molar-refractivity contribution < 1.29 is 0 Å². The minimum atomic E-state index is -0.0180. The standard InChI is InChI=1S/C51H36/c1-51(2)46-26-10-9-23-45(46)50-40(25-13-27-47(50)51)34-28-30-35(31-29-34)48-41-19-5-7-21-43(41)49(44-22-8-6-20-42(44)48)37-17-11-16-36(32-37)39-24-12-15-33-14-3-4-18-38(33)39/h3-32H,1-2H3. The van der Waals surface area contributed by atoms with Crippen molar-refractivity contribution in [3.63, 3.8) is 0 Å². The van der Waals surface area contributed by atoms with Gasteiger partial charge < -0.3 is 0 Å². The van der Waals surface area contributed by atoms with Crippen molar-refractivity contribution >= 4 is 32.3 Å².